The lowest BCUT2D eigenvalue weighted by Gasteiger charge is -2.19. The maximum Gasteiger partial charge on any atom is 0.328 e. The number of carbonyl (C=O) groups excluding carboxylic acids is 3. The minimum absolute atomic E-state index is 0.243. The van der Waals surface area contributed by atoms with E-state index in [0.717, 1.165) is 16.7 Å². The molecule has 0 spiro atoms. The lowest BCUT2D eigenvalue weighted by molar-refractivity contribution is -0.148. The molecular weight excluding hydrogens is 334 g/mol. The van der Waals surface area contributed by atoms with Crippen LogP contribution >= 0.6 is 11.8 Å². The second-order valence-electron chi connectivity index (χ2n) is 5.15. The Balaban J connectivity index is 1.85. The van der Waals surface area contributed by atoms with Crippen molar-refractivity contribution >= 4 is 35.0 Å². The standard InChI is InChI=1S/C16H15NO6S/c1-9(15(19)21-2)17-14(18)13(24-16(17)20)8-10-3-4-11-12(7-10)23-6-5-22-11/h3-4,7-9H,5-6H2,1-2H3/b13-8-/t9-/m0/s1. The number of hydrogen-bond donors (Lipinski definition) is 0. The molecule has 0 N–H and O–H groups in total. The van der Waals surface area contributed by atoms with E-state index in [4.69, 9.17) is 9.47 Å². The molecule has 0 bridgehead atoms. The van der Waals surface area contributed by atoms with Crippen LogP contribution in [0.2, 0.25) is 0 Å². The number of ether oxygens (including phenoxy) is 3. The van der Waals surface area contributed by atoms with Gasteiger partial charge in [-0.1, -0.05) is 6.07 Å². The Morgan fingerprint density at radius 1 is 1.29 bits per heavy atom. The molecule has 7 nitrogen and oxygen atoms in total. The molecule has 1 atom stereocenters. The van der Waals surface area contributed by atoms with Gasteiger partial charge < -0.3 is 14.2 Å². The fraction of sp³-hybridized carbons (Fsp3) is 0.312. The van der Waals surface area contributed by atoms with Gasteiger partial charge in [0, 0.05) is 0 Å². The monoisotopic (exact) mass is 349 g/mol. The van der Waals surface area contributed by atoms with Crippen molar-refractivity contribution in [3.05, 3.63) is 28.7 Å². The van der Waals surface area contributed by atoms with Crippen molar-refractivity contribution in [3.8, 4) is 11.5 Å². The van der Waals surface area contributed by atoms with Crippen molar-refractivity contribution in [1.29, 1.82) is 0 Å². The van der Waals surface area contributed by atoms with E-state index in [9.17, 15) is 14.4 Å². The molecule has 2 aliphatic rings. The maximum absolute atomic E-state index is 12.4. The smallest absolute Gasteiger partial charge is 0.328 e. The number of carbonyl (C=O) groups is 3. The average Bonchev–Trinajstić information content (AvgIpc) is 2.87. The van der Waals surface area contributed by atoms with E-state index in [0.29, 0.717) is 30.3 Å². The zero-order valence-corrected chi connectivity index (χ0v) is 13.9. The molecule has 2 amide bonds. The average molecular weight is 349 g/mol. The van der Waals surface area contributed by atoms with Crippen molar-refractivity contribution in [2.75, 3.05) is 20.3 Å². The van der Waals surface area contributed by atoms with Crippen LogP contribution in [0.15, 0.2) is 23.1 Å². The molecule has 24 heavy (non-hydrogen) atoms. The second kappa shape index (κ2) is 6.56. The molecule has 0 radical (unpaired) electrons. The minimum atomic E-state index is -0.964. The zero-order valence-electron chi connectivity index (χ0n) is 13.1. The molecule has 1 saturated heterocycles. The summed E-state index contributed by atoms with van der Waals surface area (Å²) in [6.45, 7) is 2.41. The molecule has 0 aliphatic carbocycles. The van der Waals surface area contributed by atoms with Crippen molar-refractivity contribution in [1.82, 2.24) is 4.90 Å². The van der Waals surface area contributed by atoms with E-state index in [1.165, 1.54) is 14.0 Å². The molecule has 3 rings (SSSR count). The van der Waals surface area contributed by atoms with E-state index >= 15 is 0 Å². The summed E-state index contributed by atoms with van der Waals surface area (Å²) in [5, 5.41) is -0.498. The molecule has 0 saturated carbocycles. The van der Waals surface area contributed by atoms with Crippen LogP contribution in [-0.2, 0) is 14.3 Å². The first kappa shape index (κ1) is 16.4. The van der Waals surface area contributed by atoms with Gasteiger partial charge in [-0.25, -0.2) is 4.79 Å². The quantitative estimate of drug-likeness (QED) is 0.610. The number of fused-ring (bicyclic) bond motifs is 1. The third kappa shape index (κ3) is 2.96. The summed E-state index contributed by atoms with van der Waals surface area (Å²) >= 11 is 0.789. The number of amides is 2. The van der Waals surface area contributed by atoms with E-state index in [-0.39, 0.29) is 4.91 Å². The summed E-state index contributed by atoms with van der Waals surface area (Å²) in [6, 6.07) is 4.30. The van der Waals surface area contributed by atoms with Crippen LogP contribution in [0.4, 0.5) is 4.79 Å². The lowest BCUT2D eigenvalue weighted by Crippen LogP contribution is -2.42. The highest BCUT2D eigenvalue weighted by Gasteiger charge is 2.41. The van der Waals surface area contributed by atoms with Crippen LogP contribution in [0.1, 0.15) is 12.5 Å². The van der Waals surface area contributed by atoms with Gasteiger partial charge in [-0.3, -0.25) is 14.5 Å². The molecule has 1 aromatic rings. The number of imide groups is 1. The fourth-order valence-corrected chi connectivity index (χ4v) is 3.30. The molecule has 8 heteroatoms. The largest absolute Gasteiger partial charge is 0.486 e. The molecule has 1 fully saturated rings. The summed E-state index contributed by atoms with van der Waals surface area (Å²) < 4.78 is 15.5. The summed E-state index contributed by atoms with van der Waals surface area (Å²) in [5.74, 6) is 0.0821. The van der Waals surface area contributed by atoms with Crippen molar-refractivity contribution in [2.45, 2.75) is 13.0 Å². The molecule has 0 aromatic heterocycles. The Morgan fingerprint density at radius 3 is 2.71 bits per heavy atom. The van der Waals surface area contributed by atoms with Crippen molar-refractivity contribution in [3.63, 3.8) is 0 Å². The number of thioether (sulfide) groups is 1. The Labute approximate surface area is 142 Å². The summed E-state index contributed by atoms with van der Waals surface area (Å²) in [5.41, 5.74) is 0.704. The van der Waals surface area contributed by atoms with Gasteiger partial charge in [0.05, 0.1) is 12.0 Å². The third-order valence-electron chi connectivity index (χ3n) is 3.62. The van der Waals surface area contributed by atoms with Gasteiger partial charge in [-0.05, 0) is 42.5 Å². The number of rotatable bonds is 3. The molecular formula is C16H15NO6S. The first-order chi connectivity index (χ1) is 11.5. The number of esters is 1. The van der Waals surface area contributed by atoms with Gasteiger partial charge in [-0.2, -0.15) is 0 Å². The first-order valence-electron chi connectivity index (χ1n) is 7.26. The van der Waals surface area contributed by atoms with Crippen molar-refractivity contribution < 1.29 is 28.6 Å². The van der Waals surface area contributed by atoms with Gasteiger partial charge in [0.25, 0.3) is 11.1 Å². The Kier molecular flexibility index (Phi) is 4.48. The second-order valence-corrected chi connectivity index (χ2v) is 6.15. The topological polar surface area (TPSA) is 82.1 Å². The van der Waals surface area contributed by atoms with E-state index in [2.05, 4.69) is 4.74 Å². The van der Waals surface area contributed by atoms with Gasteiger partial charge >= 0.3 is 5.97 Å². The van der Waals surface area contributed by atoms with Crippen LogP contribution in [0.5, 0.6) is 11.5 Å². The highest BCUT2D eigenvalue weighted by Crippen LogP contribution is 2.36. The molecule has 1 aromatic carbocycles. The van der Waals surface area contributed by atoms with Crippen LogP contribution in [0.25, 0.3) is 6.08 Å². The van der Waals surface area contributed by atoms with Crippen molar-refractivity contribution in [2.24, 2.45) is 0 Å². The van der Waals surface area contributed by atoms with Gasteiger partial charge in [0.15, 0.2) is 11.5 Å². The van der Waals surface area contributed by atoms with Crippen LogP contribution in [0, 0.1) is 0 Å². The molecule has 2 heterocycles. The third-order valence-corrected chi connectivity index (χ3v) is 4.50. The maximum atomic E-state index is 12.4. The Bertz CT molecular complexity index is 744. The zero-order chi connectivity index (χ0) is 17.3. The highest BCUT2D eigenvalue weighted by atomic mass is 32.2. The highest BCUT2D eigenvalue weighted by molar-refractivity contribution is 8.18. The van der Waals surface area contributed by atoms with E-state index in [1.807, 2.05) is 0 Å². The summed E-state index contributed by atoms with van der Waals surface area (Å²) in [6.07, 6.45) is 1.59. The SMILES string of the molecule is COC(=O)[C@H](C)N1C(=O)S/C(=C\c2ccc3c(c2)OCCO3)C1=O. The lowest BCUT2D eigenvalue weighted by atomic mass is 10.1. The number of methoxy groups -OCH3 is 1. The molecule has 126 valence electrons. The first-order valence-corrected chi connectivity index (χ1v) is 8.07. The van der Waals surface area contributed by atoms with E-state index < -0.39 is 23.2 Å². The summed E-state index contributed by atoms with van der Waals surface area (Å²) in [7, 11) is 1.21. The number of hydrogen-bond acceptors (Lipinski definition) is 7. The number of benzene rings is 1. The normalized spacial score (nSPS) is 19.6. The molecule has 2 aliphatic heterocycles. The van der Waals surface area contributed by atoms with Gasteiger partial charge in [-0.15, -0.1) is 0 Å². The predicted molar refractivity (Wildman–Crippen MR) is 86.7 cm³/mol. The number of nitrogens with zero attached hydrogens (tertiary/aromatic N) is 1. The van der Waals surface area contributed by atoms with E-state index in [1.54, 1.807) is 24.3 Å². The van der Waals surface area contributed by atoms with Crippen LogP contribution in [-0.4, -0.2) is 48.4 Å². The Morgan fingerprint density at radius 2 is 2.00 bits per heavy atom. The van der Waals surface area contributed by atoms with Crippen LogP contribution in [0.3, 0.4) is 0 Å². The fourth-order valence-electron chi connectivity index (χ4n) is 2.39. The van der Waals surface area contributed by atoms with Gasteiger partial charge in [0.1, 0.15) is 19.3 Å². The predicted octanol–water partition coefficient (Wildman–Crippen LogP) is 2.06. The Hall–Kier alpha value is -2.48. The molecule has 0 unspecified atom stereocenters. The minimum Gasteiger partial charge on any atom is -0.486 e. The van der Waals surface area contributed by atoms with Gasteiger partial charge in [0.2, 0.25) is 0 Å². The summed E-state index contributed by atoms with van der Waals surface area (Å²) in [4.78, 5) is 37.2. The van der Waals surface area contributed by atoms with Crippen LogP contribution < -0.4 is 9.47 Å².